The van der Waals surface area contributed by atoms with Gasteiger partial charge in [0.25, 0.3) is 0 Å². The standard InChI is InChI=1S/C15H14N4OS/c16-9-11-1-3-12(4-2-11)19-15(20)7-8-21-13-5-6-14(17)18-10-13/h1-6,10H,7-8H2,(H2,17,18)(H,19,20). The average molecular weight is 298 g/mol. The molecule has 6 heteroatoms. The fraction of sp³-hybridized carbons (Fsp3) is 0.133. The van der Waals surface area contributed by atoms with E-state index in [0.29, 0.717) is 29.2 Å². The van der Waals surface area contributed by atoms with Crippen LogP contribution in [0, 0.1) is 11.3 Å². The summed E-state index contributed by atoms with van der Waals surface area (Å²) in [6, 6.07) is 12.4. The fourth-order valence-electron chi connectivity index (χ4n) is 1.59. The van der Waals surface area contributed by atoms with Gasteiger partial charge in [0.2, 0.25) is 5.91 Å². The third-order valence-electron chi connectivity index (χ3n) is 2.65. The molecule has 5 nitrogen and oxygen atoms in total. The topological polar surface area (TPSA) is 91.8 Å². The largest absolute Gasteiger partial charge is 0.384 e. The number of carbonyl (C=O) groups excluding carboxylic acids is 1. The average Bonchev–Trinajstić information content (AvgIpc) is 2.50. The minimum Gasteiger partial charge on any atom is -0.384 e. The Morgan fingerprint density at radius 3 is 2.67 bits per heavy atom. The van der Waals surface area contributed by atoms with Gasteiger partial charge in [0.05, 0.1) is 11.6 Å². The lowest BCUT2D eigenvalue weighted by Crippen LogP contribution is -2.12. The molecule has 1 amide bonds. The molecule has 0 saturated heterocycles. The number of rotatable bonds is 5. The van der Waals surface area contributed by atoms with E-state index in [1.54, 1.807) is 48.3 Å². The molecule has 0 radical (unpaired) electrons. The predicted octanol–water partition coefficient (Wildman–Crippen LogP) is 2.66. The molecule has 0 atom stereocenters. The predicted molar refractivity (Wildman–Crippen MR) is 83.8 cm³/mol. The van der Waals surface area contributed by atoms with Crippen molar-refractivity contribution >= 4 is 29.2 Å². The Balaban J connectivity index is 1.76. The maximum absolute atomic E-state index is 11.8. The number of pyridine rings is 1. The van der Waals surface area contributed by atoms with Crippen LogP contribution in [0.5, 0.6) is 0 Å². The molecule has 0 unspecified atom stereocenters. The molecule has 106 valence electrons. The quantitative estimate of drug-likeness (QED) is 0.828. The zero-order valence-corrected chi connectivity index (χ0v) is 12.1. The van der Waals surface area contributed by atoms with Crippen molar-refractivity contribution in [3.8, 4) is 6.07 Å². The maximum atomic E-state index is 11.8. The Morgan fingerprint density at radius 1 is 1.29 bits per heavy atom. The summed E-state index contributed by atoms with van der Waals surface area (Å²) in [6.45, 7) is 0. The first-order chi connectivity index (χ1) is 10.2. The first-order valence-electron chi connectivity index (χ1n) is 6.32. The van der Waals surface area contributed by atoms with E-state index < -0.39 is 0 Å². The summed E-state index contributed by atoms with van der Waals surface area (Å²) < 4.78 is 0. The number of anilines is 2. The lowest BCUT2D eigenvalue weighted by molar-refractivity contribution is -0.115. The molecule has 0 saturated carbocycles. The molecule has 1 aromatic carbocycles. The van der Waals surface area contributed by atoms with Gasteiger partial charge in [0.15, 0.2) is 0 Å². The van der Waals surface area contributed by atoms with Gasteiger partial charge in [-0.15, -0.1) is 11.8 Å². The van der Waals surface area contributed by atoms with Crippen molar-refractivity contribution in [1.82, 2.24) is 4.98 Å². The number of nitrogen functional groups attached to an aromatic ring is 1. The van der Waals surface area contributed by atoms with Crippen LogP contribution in [0.1, 0.15) is 12.0 Å². The fourth-order valence-corrected chi connectivity index (χ4v) is 2.40. The van der Waals surface area contributed by atoms with Crippen LogP contribution >= 0.6 is 11.8 Å². The van der Waals surface area contributed by atoms with Gasteiger partial charge in [0, 0.05) is 29.0 Å². The first-order valence-corrected chi connectivity index (χ1v) is 7.30. The number of thioether (sulfide) groups is 1. The van der Waals surface area contributed by atoms with Gasteiger partial charge in [-0.25, -0.2) is 4.98 Å². The number of nitrogens with two attached hydrogens (primary N) is 1. The van der Waals surface area contributed by atoms with E-state index >= 15 is 0 Å². The molecular formula is C15H14N4OS. The second kappa shape index (κ2) is 7.31. The van der Waals surface area contributed by atoms with E-state index in [2.05, 4.69) is 10.3 Å². The lowest BCUT2D eigenvalue weighted by atomic mass is 10.2. The van der Waals surface area contributed by atoms with E-state index in [9.17, 15) is 4.79 Å². The summed E-state index contributed by atoms with van der Waals surface area (Å²) in [5.74, 6) is 1.08. The molecule has 1 aromatic heterocycles. The molecule has 0 fully saturated rings. The van der Waals surface area contributed by atoms with Crippen molar-refractivity contribution in [2.75, 3.05) is 16.8 Å². The van der Waals surface area contributed by atoms with Crippen molar-refractivity contribution in [2.24, 2.45) is 0 Å². The molecule has 0 aliphatic carbocycles. The molecule has 21 heavy (non-hydrogen) atoms. The highest BCUT2D eigenvalue weighted by atomic mass is 32.2. The van der Waals surface area contributed by atoms with Crippen LogP contribution < -0.4 is 11.1 Å². The van der Waals surface area contributed by atoms with E-state index in [1.165, 1.54) is 0 Å². The molecule has 3 N–H and O–H groups in total. The van der Waals surface area contributed by atoms with Gasteiger partial charge in [0.1, 0.15) is 5.82 Å². The summed E-state index contributed by atoms with van der Waals surface area (Å²) in [5, 5.41) is 11.5. The Labute approximate surface area is 127 Å². The number of amides is 1. The monoisotopic (exact) mass is 298 g/mol. The van der Waals surface area contributed by atoms with Crippen LogP contribution in [0.3, 0.4) is 0 Å². The maximum Gasteiger partial charge on any atom is 0.225 e. The van der Waals surface area contributed by atoms with Crippen molar-refractivity contribution in [3.05, 3.63) is 48.2 Å². The highest BCUT2D eigenvalue weighted by Gasteiger charge is 2.03. The third-order valence-corrected chi connectivity index (χ3v) is 3.64. The summed E-state index contributed by atoms with van der Waals surface area (Å²) in [4.78, 5) is 16.8. The molecule has 0 aliphatic heterocycles. The number of carbonyl (C=O) groups is 1. The van der Waals surface area contributed by atoms with Crippen LogP contribution in [0.4, 0.5) is 11.5 Å². The molecule has 0 aliphatic rings. The van der Waals surface area contributed by atoms with E-state index in [-0.39, 0.29) is 5.91 Å². The van der Waals surface area contributed by atoms with Gasteiger partial charge in [-0.3, -0.25) is 4.79 Å². The Bertz CT molecular complexity index is 647. The van der Waals surface area contributed by atoms with Crippen molar-refractivity contribution in [1.29, 1.82) is 5.26 Å². The smallest absolute Gasteiger partial charge is 0.225 e. The second-order valence-corrected chi connectivity index (χ2v) is 5.42. The SMILES string of the molecule is N#Cc1ccc(NC(=O)CCSc2ccc(N)nc2)cc1. The second-order valence-electron chi connectivity index (χ2n) is 4.25. The van der Waals surface area contributed by atoms with Crippen LogP contribution in [0.25, 0.3) is 0 Å². The number of hydrogen-bond donors (Lipinski definition) is 2. The van der Waals surface area contributed by atoms with E-state index in [0.717, 1.165) is 4.90 Å². The van der Waals surface area contributed by atoms with Crippen molar-refractivity contribution in [2.45, 2.75) is 11.3 Å². The van der Waals surface area contributed by atoms with Gasteiger partial charge < -0.3 is 11.1 Å². The van der Waals surface area contributed by atoms with Crippen molar-refractivity contribution in [3.63, 3.8) is 0 Å². The summed E-state index contributed by atoms with van der Waals surface area (Å²) in [7, 11) is 0. The van der Waals surface area contributed by atoms with Gasteiger partial charge in [-0.05, 0) is 36.4 Å². The van der Waals surface area contributed by atoms with E-state index in [1.807, 2.05) is 12.1 Å². The number of nitrogens with one attached hydrogen (secondary N) is 1. The normalized spacial score (nSPS) is 9.86. The summed E-state index contributed by atoms with van der Waals surface area (Å²) >= 11 is 1.55. The summed E-state index contributed by atoms with van der Waals surface area (Å²) in [5.41, 5.74) is 6.77. The Kier molecular flexibility index (Phi) is 5.18. The zero-order valence-electron chi connectivity index (χ0n) is 11.2. The number of nitriles is 1. The minimum absolute atomic E-state index is 0.0596. The molecule has 2 rings (SSSR count). The van der Waals surface area contributed by atoms with Crippen LogP contribution in [0.2, 0.25) is 0 Å². The molecule has 2 aromatic rings. The van der Waals surface area contributed by atoms with Crippen LogP contribution in [-0.4, -0.2) is 16.6 Å². The molecule has 0 spiro atoms. The highest BCUT2D eigenvalue weighted by molar-refractivity contribution is 7.99. The molecule has 0 bridgehead atoms. The number of benzene rings is 1. The number of hydrogen-bond acceptors (Lipinski definition) is 5. The van der Waals surface area contributed by atoms with Gasteiger partial charge in [-0.2, -0.15) is 5.26 Å². The summed E-state index contributed by atoms with van der Waals surface area (Å²) in [6.07, 6.45) is 2.09. The van der Waals surface area contributed by atoms with Crippen LogP contribution in [-0.2, 0) is 4.79 Å². The molecule has 1 heterocycles. The van der Waals surface area contributed by atoms with Gasteiger partial charge >= 0.3 is 0 Å². The first kappa shape index (κ1) is 14.9. The van der Waals surface area contributed by atoms with Crippen LogP contribution in [0.15, 0.2) is 47.5 Å². The number of aromatic nitrogens is 1. The number of nitrogens with zero attached hydrogens (tertiary/aromatic N) is 2. The van der Waals surface area contributed by atoms with Crippen molar-refractivity contribution < 1.29 is 4.79 Å². The van der Waals surface area contributed by atoms with E-state index in [4.69, 9.17) is 11.0 Å². The highest BCUT2D eigenvalue weighted by Crippen LogP contribution is 2.18. The Hall–Kier alpha value is -2.52. The zero-order chi connectivity index (χ0) is 15.1. The van der Waals surface area contributed by atoms with Gasteiger partial charge in [-0.1, -0.05) is 0 Å². The lowest BCUT2D eigenvalue weighted by Gasteiger charge is -2.05. The molecular weight excluding hydrogens is 284 g/mol. The Morgan fingerprint density at radius 2 is 2.05 bits per heavy atom. The minimum atomic E-state index is -0.0596. The third kappa shape index (κ3) is 4.82.